The van der Waals surface area contributed by atoms with Gasteiger partial charge in [-0.25, -0.2) is 0 Å². The van der Waals surface area contributed by atoms with Crippen molar-refractivity contribution >= 4 is 5.78 Å². The van der Waals surface area contributed by atoms with Crippen LogP contribution < -0.4 is 0 Å². The highest BCUT2D eigenvalue weighted by Gasteiger charge is 2.93. The van der Waals surface area contributed by atoms with E-state index in [1.807, 2.05) is 0 Å². The zero-order valence-electron chi connectivity index (χ0n) is 12.3. The minimum atomic E-state index is -2.09. The number of hydrogen-bond donors (Lipinski definition) is 4. The Morgan fingerprint density at radius 3 is 2.52 bits per heavy atom. The van der Waals surface area contributed by atoms with E-state index in [2.05, 4.69) is 0 Å². The van der Waals surface area contributed by atoms with Gasteiger partial charge in [0.2, 0.25) is 5.79 Å². The molecule has 1 aliphatic heterocycles. The summed E-state index contributed by atoms with van der Waals surface area (Å²) in [6, 6.07) is 0. The van der Waals surface area contributed by atoms with E-state index in [1.165, 1.54) is 6.92 Å². The van der Waals surface area contributed by atoms with Gasteiger partial charge in [-0.1, -0.05) is 18.6 Å². The van der Waals surface area contributed by atoms with Crippen LogP contribution in [0.15, 0.2) is 11.6 Å². The van der Waals surface area contributed by atoms with E-state index in [1.54, 1.807) is 19.9 Å². The first-order chi connectivity index (χ1) is 9.56. The molecule has 0 aromatic rings. The fourth-order valence-electron chi connectivity index (χ4n) is 5.74. The minimum absolute atomic E-state index is 0.0467. The van der Waals surface area contributed by atoms with Crippen LogP contribution in [0.3, 0.4) is 0 Å². The second kappa shape index (κ2) is 3.12. The molecule has 4 N–H and O–H groups in total. The van der Waals surface area contributed by atoms with Gasteiger partial charge in [-0.2, -0.15) is 0 Å². The van der Waals surface area contributed by atoms with Gasteiger partial charge in [0, 0.05) is 5.41 Å². The number of hydrogen-bond acceptors (Lipinski definition) is 6. The largest absolute Gasteiger partial charge is 0.388 e. The second-order valence-corrected chi connectivity index (χ2v) is 7.43. The molecule has 1 heterocycles. The molecule has 1 saturated heterocycles. The lowest BCUT2D eigenvalue weighted by molar-refractivity contribution is -0.373. The summed E-state index contributed by atoms with van der Waals surface area (Å²) in [6.45, 7) is 4.79. The van der Waals surface area contributed by atoms with Crippen LogP contribution in [-0.2, 0) is 9.53 Å². The molecular formula is C15H20O6. The fraction of sp³-hybridized carbons (Fsp3) is 0.800. The standard InChI is InChI=1S/C15H20O6/c1-7-4-5-13(19)11(2)6-21-15(20)10(18)14(7,13)9(17)8(16)12(11,15)3/h4,9-10,17-20H,5-6H2,1-3H3/t9?,10?,11-,12-,13+,14-,15+/m1/s1. The summed E-state index contributed by atoms with van der Waals surface area (Å²) >= 11 is 0. The van der Waals surface area contributed by atoms with Crippen LogP contribution in [0.4, 0.5) is 0 Å². The molecule has 21 heavy (non-hydrogen) atoms. The molecule has 2 unspecified atom stereocenters. The molecular weight excluding hydrogens is 276 g/mol. The zero-order valence-corrected chi connectivity index (χ0v) is 12.3. The van der Waals surface area contributed by atoms with Crippen LogP contribution in [-0.4, -0.2) is 56.4 Å². The van der Waals surface area contributed by atoms with E-state index in [9.17, 15) is 25.2 Å². The number of ketones is 1. The first-order valence-electron chi connectivity index (χ1n) is 7.22. The van der Waals surface area contributed by atoms with Gasteiger partial charge < -0.3 is 25.2 Å². The minimum Gasteiger partial charge on any atom is -0.388 e. The zero-order chi connectivity index (χ0) is 15.6. The molecule has 3 saturated carbocycles. The van der Waals surface area contributed by atoms with Crippen molar-refractivity contribution in [1.29, 1.82) is 0 Å². The molecule has 6 nitrogen and oxygen atoms in total. The van der Waals surface area contributed by atoms with E-state index in [4.69, 9.17) is 4.74 Å². The molecule has 1 spiro atoms. The summed E-state index contributed by atoms with van der Waals surface area (Å²) in [6.07, 6.45) is -1.18. The van der Waals surface area contributed by atoms with Gasteiger partial charge in [-0.3, -0.25) is 4.79 Å². The Balaban J connectivity index is 2.16. The van der Waals surface area contributed by atoms with Crippen molar-refractivity contribution in [2.24, 2.45) is 16.2 Å². The number of carbonyl (C=O) groups is 1. The van der Waals surface area contributed by atoms with Crippen molar-refractivity contribution in [3.63, 3.8) is 0 Å². The number of aliphatic hydroxyl groups is 4. The molecule has 0 aromatic heterocycles. The topological polar surface area (TPSA) is 107 Å². The molecule has 0 radical (unpaired) electrons. The average molecular weight is 296 g/mol. The van der Waals surface area contributed by atoms with Crippen molar-refractivity contribution in [2.45, 2.75) is 50.8 Å². The summed E-state index contributed by atoms with van der Waals surface area (Å²) in [5.41, 5.74) is -5.27. The molecule has 7 atom stereocenters. The Morgan fingerprint density at radius 1 is 1.29 bits per heavy atom. The molecule has 5 aliphatic rings. The highest BCUT2D eigenvalue weighted by Crippen LogP contribution is 2.78. The van der Waals surface area contributed by atoms with Crippen LogP contribution in [0.2, 0.25) is 0 Å². The van der Waals surface area contributed by atoms with Gasteiger partial charge in [0.1, 0.15) is 12.2 Å². The van der Waals surface area contributed by atoms with E-state index in [0.717, 1.165) is 0 Å². The third-order valence-electron chi connectivity index (χ3n) is 7.33. The average Bonchev–Trinajstić information content (AvgIpc) is 2.82. The lowest BCUT2D eigenvalue weighted by atomic mass is 9.34. The summed E-state index contributed by atoms with van der Waals surface area (Å²) < 4.78 is 5.47. The van der Waals surface area contributed by atoms with Gasteiger partial charge in [0.25, 0.3) is 0 Å². The van der Waals surface area contributed by atoms with Crippen molar-refractivity contribution in [1.82, 2.24) is 0 Å². The van der Waals surface area contributed by atoms with E-state index in [-0.39, 0.29) is 13.0 Å². The number of aliphatic hydroxyl groups excluding tert-OH is 2. The third kappa shape index (κ3) is 0.842. The molecule has 0 aromatic carbocycles. The van der Waals surface area contributed by atoms with Gasteiger partial charge in [0.05, 0.1) is 23.0 Å². The molecule has 116 valence electrons. The number of carbonyl (C=O) groups excluding carboxylic acids is 1. The molecule has 4 fully saturated rings. The Hall–Kier alpha value is -0.790. The summed E-state index contributed by atoms with van der Waals surface area (Å²) in [4.78, 5) is 12.8. The van der Waals surface area contributed by atoms with E-state index < -0.39 is 45.6 Å². The van der Waals surface area contributed by atoms with Gasteiger partial charge in [0.15, 0.2) is 5.78 Å². The fourth-order valence-corrected chi connectivity index (χ4v) is 5.74. The second-order valence-electron chi connectivity index (χ2n) is 7.43. The number of Topliss-reactive ketones (excluding diaryl/α,β-unsaturated/α-hetero) is 1. The highest BCUT2D eigenvalue weighted by atomic mass is 16.7. The van der Waals surface area contributed by atoms with Crippen molar-refractivity contribution in [3.05, 3.63) is 11.6 Å². The SMILES string of the molecule is CC1=CC[C@@]2(O)[C@@]13C(O)C(=O)[C@]1(C)[C@@]2(C)CO[C@@]1(O)C3O. The molecule has 6 heteroatoms. The molecule has 0 amide bonds. The first kappa shape index (κ1) is 13.8. The summed E-state index contributed by atoms with van der Waals surface area (Å²) in [7, 11) is 0. The van der Waals surface area contributed by atoms with Crippen LogP contribution in [0.1, 0.15) is 27.2 Å². The van der Waals surface area contributed by atoms with Crippen LogP contribution >= 0.6 is 0 Å². The smallest absolute Gasteiger partial charge is 0.206 e. The molecule has 5 rings (SSSR count). The van der Waals surface area contributed by atoms with Crippen molar-refractivity contribution in [3.8, 4) is 0 Å². The van der Waals surface area contributed by atoms with Gasteiger partial charge in [-0.05, 0) is 20.3 Å². The monoisotopic (exact) mass is 296 g/mol. The van der Waals surface area contributed by atoms with Crippen molar-refractivity contribution < 1.29 is 30.0 Å². The quantitative estimate of drug-likeness (QED) is 0.432. The molecule has 4 bridgehead atoms. The Labute approximate surface area is 122 Å². The van der Waals surface area contributed by atoms with Crippen molar-refractivity contribution in [2.75, 3.05) is 6.61 Å². The Kier molecular flexibility index (Phi) is 2.05. The maximum Gasteiger partial charge on any atom is 0.206 e. The predicted molar refractivity (Wildman–Crippen MR) is 69.9 cm³/mol. The first-order valence-corrected chi connectivity index (χ1v) is 7.22. The summed E-state index contributed by atoms with van der Waals surface area (Å²) in [5.74, 6) is -2.67. The van der Waals surface area contributed by atoms with Crippen LogP contribution in [0.25, 0.3) is 0 Å². The normalized spacial score (nSPS) is 64.7. The van der Waals surface area contributed by atoms with E-state index >= 15 is 0 Å². The number of fused-ring (bicyclic) bond motifs is 1. The maximum atomic E-state index is 12.8. The van der Waals surface area contributed by atoms with E-state index in [0.29, 0.717) is 5.57 Å². The number of rotatable bonds is 0. The summed E-state index contributed by atoms with van der Waals surface area (Å²) in [5, 5.41) is 43.8. The van der Waals surface area contributed by atoms with Gasteiger partial charge in [-0.15, -0.1) is 0 Å². The lowest BCUT2D eigenvalue weighted by Crippen LogP contribution is -2.87. The number of ether oxygens (including phenoxy) is 1. The Morgan fingerprint density at radius 2 is 1.90 bits per heavy atom. The lowest BCUT2D eigenvalue weighted by Gasteiger charge is -2.70. The highest BCUT2D eigenvalue weighted by molar-refractivity contribution is 5.96. The molecule has 4 aliphatic carbocycles. The van der Waals surface area contributed by atoms with Crippen LogP contribution in [0, 0.1) is 16.2 Å². The predicted octanol–water partition coefficient (Wildman–Crippen LogP) is -0.897. The third-order valence-corrected chi connectivity index (χ3v) is 7.33. The van der Waals surface area contributed by atoms with Gasteiger partial charge >= 0.3 is 0 Å². The van der Waals surface area contributed by atoms with Crippen LogP contribution in [0.5, 0.6) is 0 Å². The maximum absolute atomic E-state index is 12.8. The Bertz CT molecular complexity index is 615.